The van der Waals surface area contributed by atoms with Crippen LogP contribution in [0.15, 0.2) is 40.9 Å². The molecule has 0 aliphatic heterocycles. The predicted octanol–water partition coefficient (Wildman–Crippen LogP) is 3.28. The highest BCUT2D eigenvalue weighted by atomic mass is 79.9. The smallest absolute Gasteiger partial charge is 0.195 e. The minimum absolute atomic E-state index is 0.162. The van der Waals surface area contributed by atoms with E-state index < -0.39 is 0 Å². The molecule has 0 radical (unpaired) electrons. The van der Waals surface area contributed by atoms with Crippen molar-refractivity contribution in [1.82, 2.24) is 0 Å². The first kappa shape index (κ1) is 14.4. The quantitative estimate of drug-likeness (QED) is 0.688. The summed E-state index contributed by atoms with van der Waals surface area (Å²) in [6.45, 7) is 0. The van der Waals surface area contributed by atoms with Crippen LogP contribution in [0.25, 0.3) is 0 Å². The highest BCUT2D eigenvalue weighted by Gasteiger charge is 2.15. The van der Waals surface area contributed by atoms with Crippen molar-refractivity contribution in [3.05, 3.63) is 52.0 Å². The Morgan fingerprint density at radius 3 is 2.40 bits per heavy atom. The highest BCUT2D eigenvalue weighted by molar-refractivity contribution is 9.10. The molecule has 2 rings (SSSR count). The van der Waals surface area contributed by atoms with E-state index in [1.165, 1.54) is 7.11 Å². The second-order valence-electron chi connectivity index (χ2n) is 4.13. The highest BCUT2D eigenvalue weighted by Crippen LogP contribution is 2.29. The molecule has 0 heterocycles. The van der Waals surface area contributed by atoms with Crippen LogP contribution < -0.4 is 15.2 Å². The Balaban J connectivity index is 2.45. The summed E-state index contributed by atoms with van der Waals surface area (Å²) in [6, 6.07) is 10.2. The van der Waals surface area contributed by atoms with Crippen LogP contribution in [-0.2, 0) is 0 Å². The molecule has 0 fully saturated rings. The van der Waals surface area contributed by atoms with Crippen LogP contribution in [-0.4, -0.2) is 20.0 Å². The Morgan fingerprint density at radius 2 is 1.75 bits per heavy atom. The van der Waals surface area contributed by atoms with E-state index in [0.717, 1.165) is 4.47 Å². The largest absolute Gasteiger partial charge is 0.493 e. The van der Waals surface area contributed by atoms with Crippen LogP contribution >= 0.6 is 15.9 Å². The Bertz CT molecular complexity index is 656. The number of nitrogens with two attached hydrogens (primary N) is 1. The number of methoxy groups -OCH3 is 2. The molecule has 0 aromatic heterocycles. The number of rotatable bonds is 4. The number of carbonyl (C=O) groups excluding carboxylic acids is 1. The van der Waals surface area contributed by atoms with E-state index in [9.17, 15) is 4.79 Å². The van der Waals surface area contributed by atoms with Gasteiger partial charge in [0.05, 0.1) is 14.2 Å². The fourth-order valence-electron chi connectivity index (χ4n) is 1.86. The van der Waals surface area contributed by atoms with Gasteiger partial charge in [-0.05, 0) is 36.4 Å². The summed E-state index contributed by atoms with van der Waals surface area (Å²) in [5.74, 6) is 0.919. The first-order valence-corrected chi connectivity index (χ1v) is 6.68. The van der Waals surface area contributed by atoms with Crippen molar-refractivity contribution in [2.24, 2.45) is 0 Å². The number of nitrogen functional groups attached to an aromatic ring is 1. The maximum atomic E-state index is 12.5. The van der Waals surface area contributed by atoms with E-state index in [2.05, 4.69) is 15.9 Å². The summed E-state index contributed by atoms with van der Waals surface area (Å²) in [5, 5.41) is 0. The van der Waals surface area contributed by atoms with Crippen LogP contribution in [0.3, 0.4) is 0 Å². The molecule has 20 heavy (non-hydrogen) atoms. The molecular weight excluding hydrogens is 322 g/mol. The average molecular weight is 336 g/mol. The van der Waals surface area contributed by atoms with E-state index >= 15 is 0 Å². The van der Waals surface area contributed by atoms with E-state index in [-0.39, 0.29) is 5.78 Å². The van der Waals surface area contributed by atoms with Gasteiger partial charge in [0.2, 0.25) is 0 Å². The van der Waals surface area contributed by atoms with Gasteiger partial charge >= 0.3 is 0 Å². The fourth-order valence-corrected chi connectivity index (χ4v) is 2.22. The molecule has 0 aliphatic carbocycles. The number of carbonyl (C=O) groups is 1. The zero-order chi connectivity index (χ0) is 14.7. The predicted molar refractivity (Wildman–Crippen MR) is 81.5 cm³/mol. The third kappa shape index (κ3) is 2.77. The molecule has 0 aliphatic rings. The van der Waals surface area contributed by atoms with Gasteiger partial charge in [0, 0.05) is 21.3 Å². The van der Waals surface area contributed by atoms with Crippen LogP contribution in [0.1, 0.15) is 15.9 Å². The van der Waals surface area contributed by atoms with E-state index in [4.69, 9.17) is 15.2 Å². The van der Waals surface area contributed by atoms with Gasteiger partial charge in [0.25, 0.3) is 0 Å². The maximum absolute atomic E-state index is 12.5. The van der Waals surface area contributed by atoms with Gasteiger partial charge < -0.3 is 15.2 Å². The lowest BCUT2D eigenvalue weighted by atomic mass is 10.0. The van der Waals surface area contributed by atoms with Gasteiger partial charge in [-0.15, -0.1) is 0 Å². The van der Waals surface area contributed by atoms with Gasteiger partial charge in [-0.25, -0.2) is 0 Å². The topological polar surface area (TPSA) is 61.5 Å². The number of hydrogen-bond donors (Lipinski definition) is 1. The molecule has 0 spiro atoms. The first-order valence-electron chi connectivity index (χ1n) is 5.88. The van der Waals surface area contributed by atoms with Crippen molar-refractivity contribution >= 4 is 27.4 Å². The molecule has 2 aromatic carbocycles. The summed E-state index contributed by atoms with van der Waals surface area (Å²) in [6.07, 6.45) is 0. The van der Waals surface area contributed by atoms with E-state index in [1.807, 2.05) is 0 Å². The summed E-state index contributed by atoms with van der Waals surface area (Å²) in [5.41, 5.74) is 7.24. The number of ether oxygens (including phenoxy) is 2. The lowest BCUT2D eigenvalue weighted by Gasteiger charge is -2.10. The molecule has 4 nitrogen and oxygen atoms in total. The van der Waals surface area contributed by atoms with Crippen molar-refractivity contribution in [3.8, 4) is 11.5 Å². The zero-order valence-corrected chi connectivity index (χ0v) is 12.7. The first-order chi connectivity index (χ1) is 9.56. The van der Waals surface area contributed by atoms with Gasteiger partial charge in [0.1, 0.15) is 0 Å². The van der Waals surface area contributed by atoms with Gasteiger partial charge in [-0.3, -0.25) is 4.79 Å². The van der Waals surface area contributed by atoms with Gasteiger partial charge in [-0.1, -0.05) is 15.9 Å². The van der Waals surface area contributed by atoms with Crippen molar-refractivity contribution in [3.63, 3.8) is 0 Å². The Kier molecular flexibility index (Phi) is 4.29. The number of benzene rings is 2. The van der Waals surface area contributed by atoms with Gasteiger partial charge in [0.15, 0.2) is 17.3 Å². The van der Waals surface area contributed by atoms with Crippen molar-refractivity contribution in [2.75, 3.05) is 20.0 Å². The molecule has 0 atom stereocenters. The number of ketones is 1. The van der Waals surface area contributed by atoms with E-state index in [0.29, 0.717) is 28.3 Å². The summed E-state index contributed by atoms with van der Waals surface area (Å²) < 4.78 is 11.2. The van der Waals surface area contributed by atoms with Crippen LogP contribution in [0.2, 0.25) is 0 Å². The molecule has 0 amide bonds. The average Bonchev–Trinajstić information content (AvgIpc) is 2.48. The van der Waals surface area contributed by atoms with Crippen LogP contribution in [0.4, 0.5) is 5.69 Å². The second kappa shape index (κ2) is 5.96. The lowest BCUT2D eigenvalue weighted by molar-refractivity contribution is 0.103. The van der Waals surface area contributed by atoms with E-state index in [1.54, 1.807) is 43.5 Å². The van der Waals surface area contributed by atoms with Crippen LogP contribution in [0, 0.1) is 0 Å². The molecule has 2 aromatic rings. The van der Waals surface area contributed by atoms with Crippen molar-refractivity contribution < 1.29 is 14.3 Å². The SMILES string of the molecule is COc1ccc(C(=O)c2cc(Br)ccc2N)cc1OC. The Morgan fingerprint density at radius 1 is 1.05 bits per heavy atom. The normalized spacial score (nSPS) is 10.2. The summed E-state index contributed by atoms with van der Waals surface area (Å²) in [4.78, 5) is 12.5. The number of anilines is 1. The third-order valence-corrected chi connectivity index (χ3v) is 3.40. The number of halogens is 1. The molecule has 104 valence electrons. The second-order valence-corrected chi connectivity index (χ2v) is 5.05. The standard InChI is InChI=1S/C15H14BrNO3/c1-19-13-6-3-9(7-14(13)20-2)15(18)11-8-10(16)4-5-12(11)17/h3-8H,17H2,1-2H3. The molecule has 2 N–H and O–H groups in total. The monoisotopic (exact) mass is 335 g/mol. The van der Waals surface area contributed by atoms with Gasteiger partial charge in [-0.2, -0.15) is 0 Å². The molecule has 0 saturated heterocycles. The summed E-state index contributed by atoms with van der Waals surface area (Å²) in [7, 11) is 3.07. The molecule has 0 saturated carbocycles. The van der Waals surface area contributed by atoms with Crippen LogP contribution in [0.5, 0.6) is 11.5 Å². The van der Waals surface area contributed by atoms with Crippen molar-refractivity contribution in [1.29, 1.82) is 0 Å². The summed E-state index contributed by atoms with van der Waals surface area (Å²) >= 11 is 3.34. The molecule has 5 heteroatoms. The minimum Gasteiger partial charge on any atom is -0.493 e. The third-order valence-electron chi connectivity index (χ3n) is 2.91. The zero-order valence-electron chi connectivity index (χ0n) is 11.1. The Hall–Kier alpha value is -2.01. The minimum atomic E-state index is -0.162. The molecule has 0 bridgehead atoms. The van der Waals surface area contributed by atoms with Crippen molar-refractivity contribution in [2.45, 2.75) is 0 Å². The Labute approximate surface area is 125 Å². The number of hydrogen-bond acceptors (Lipinski definition) is 4. The maximum Gasteiger partial charge on any atom is 0.195 e. The molecular formula is C15H14BrNO3. The lowest BCUT2D eigenvalue weighted by Crippen LogP contribution is -2.06. The fraction of sp³-hybridized carbons (Fsp3) is 0.133. The molecule has 0 unspecified atom stereocenters.